The van der Waals surface area contributed by atoms with Crippen molar-refractivity contribution in [1.82, 2.24) is 9.97 Å². The summed E-state index contributed by atoms with van der Waals surface area (Å²) in [6.07, 6.45) is 5.29. The average molecular weight is 233 g/mol. The molecule has 2 aliphatic rings. The highest BCUT2D eigenvalue weighted by Crippen LogP contribution is 2.37. The molecule has 0 aromatic carbocycles. The van der Waals surface area contributed by atoms with Crippen LogP contribution >= 0.6 is 0 Å². The largest absolute Gasteiger partial charge is 0.373 e. The Bertz CT molecular complexity index is 411. The Morgan fingerprint density at radius 2 is 2.12 bits per heavy atom. The van der Waals surface area contributed by atoms with Gasteiger partial charge >= 0.3 is 0 Å². The van der Waals surface area contributed by atoms with Crippen molar-refractivity contribution in [1.29, 1.82) is 0 Å². The first-order valence-electron chi connectivity index (χ1n) is 6.35. The van der Waals surface area contributed by atoms with E-state index in [0.29, 0.717) is 12.0 Å². The number of hydrogen-bond acceptors (Lipinski definition) is 5. The van der Waals surface area contributed by atoms with E-state index >= 15 is 0 Å². The van der Waals surface area contributed by atoms with E-state index in [1.165, 1.54) is 25.7 Å². The molecular weight excluding hydrogens is 214 g/mol. The first kappa shape index (κ1) is 10.6. The summed E-state index contributed by atoms with van der Waals surface area (Å²) in [6, 6.07) is 2.67. The third kappa shape index (κ3) is 2.43. The molecule has 1 heterocycles. The Labute approximate surface area is 101 Å². The second-order valence-corrected chi connectivity index (χ2v) is 5.05. The first-order valence-corrected chi connectivity index (χ1v) is 6.35. The number of rotatable bonds is 5. The topological polar surface area (TPSA) is 67.1 Å². The van der Waals surface area contributed by atoms with Crippen LogP contribution in [0.3, 0.4) is 0 Å². The van der Waals surface area contributed by atoms with E-state index in [1.54, 1.807) is 0 Å². The van der Waals surface area contributed by atoms with Gasteiger partial charge in [0.05, 0.1) is 0 Å². The van der Waals surface area contributed by atoms with Crippen LogP contribution in [-0.4, -0.2) is 29.6 Å². The molecule has 92 valence electrons. The minimum atomic E-state index is 0.355. The normalized spacial score (nSPS) is 19.1. The van der Waals surface area contributed by atoms with Gasteiger partial charge in [-0.3, -0.25) is 0 Å². The van der Waals surface area contributed by atoms with Gasteiger partial charge in [-0.2, -0.15) is 9.97 Å². The molecule has 5 nitrogen and oxygen atoms in total. The lowest BCUT2D eigenvalue weighted by atomic mass is 10.3. The minimum Gasteiger partial charge on any atom is -0.373 e. The molecule has 17 heavy (non-hydrogen) atoms. The molecule has 3 N–H and O–H groups in total. The molecule has 0 bridgehead atoms. The van der Waals surface area contributed by atoms with Crippen molar-refractivity contribution in [3.8, 4) is 0 Å². The summed E-state index contributed by atoms with van der Waals surface area (Å²) in [5.74, 6) is 3.00. The summed E-state index contributed by atoms with van der Waals surface area (Å²) in [7, 11) is 1.86. The van der Waals surface area contributed by atoms with E-state index in [1.807, 2.05) is 13.1 Å². The second kappa shape index (κ2) is 4.05. The molecule has 2 saturated carbocycles. The summed E-state index contributed by atoms with van der Waals surface area (Å²) >= 11 is 0. The van der Waals surface area contributed by atoms with Crippen LogP contribution in [0.1, 0.15) is 25.7 Å². The molecule has 0 amide bonds. The average Bonchev–Trinajstić information content (AvgIpc) is 3.16. The number of anilines is 3. The summed E-state index contributed by atoms with van der Waals surface area (Å²) in [5, 5.41) is 3.03. The Morgan fingerprint density at radius 3 is 2.71 bits per heavy atom. The molecule has 1 aromatic rings. The molecule has 0 radical (unpaired) electrons. The monoisotopic (exact) mass is 233 g/mol. The van der Waals surface area contributed by atoms with E-state index in [4.69, 9.17) is 5.73 Å². The van der Waals surface area contributed by atoms with Gasteiger partial charge in [-0.05, 0) is 31.6 Å². The summed E-state index contributed by atoms with van der Waals surface area (Å²) in [5.41, 5.74) is 5.75. The molecule has 0 spiro atoms. The van der Waals surface area contributed by atoms with Crippen LogP contribution in [0.15, 0.2) is 6.07 Å². The van der Waals surface area contributed by atoms with Crippen LogP contribution in [0, 0.1) is 5.92 Å². The Morgan fingerprint density at radius 1 is 1.35 bits per heavy atom. The maximum atomic E-state index is 5.75. The number of nitrogens with two attached hydrogens (primary N) is 1. The third-order valence-electron chi connectivity index (χ3n) is 3.42. The molecule has 5 heteroatoms. The van der Waals surface area contributed by atoms with E-state index in [9.17, 15) is 0 Å². The number of nitrogens with one attached hydrogen (secondary N) is 1. The van der Waals surface area contributed by atoms with Crippen LogP contribution in [0.5, 0.6) is 0 Å². The van der Waals surface area contributed by atoms with Gasteiger partial charge < -0.3 is 16.0 Å². The Kier molecular flexibility index (Phi) is 2.53. The lowest BCUT2D eigenvalue weighted by molar-refractivity contribution is 0.708. The highest BCUT2D eigenvalue weighted by Gasteiger charge is 2.34. The van der Waals surface area contributed by atoms with Crippen molar-refractivity contribution in [2.75, 3.05) is 29.5 Å². The van der Waals surface area contributed by atoms with Crippen LogP contribution in [0.4, 0.5) is 17.6 Å². The van der Waals surface area contributed by atoms with Crippen LogP contribution < -0.4 is 16.0 Å². The maximum absolute atomic E-state index is 5.75. The summed E-state index contributed by atoms with van der Waals surface area (Å²) in [6.45, 7) is 1.13. The zero-order valence-electron chi connectivity index (χ0n) is 10.2. The molecule has 0 aliphatic heterocycles. The van der Waals surface area contributed by atoms with Gasteiger partial charge in [-0.15, -0.1) is 0 Å². The Balaban J connectivity index is 1.85. The molecule has 0 atom stereocenters. The molecule has 1 aromatic heterocycles. The molecule has 0 saturated heterocycles. The van der Waals surface area contributed by atoms with E-state index in [0.717, 1.165) is 24.1 Å². The first-order chi connectivity index (χ1) is 8.26. The number of hydrogen-bond donors (Lipinski definition) is 2. The molecular formula is C12H19N5. The van der Waals surface area contributed by atoms with Gasteiger partial charge in [0.2, 0.25) is 5.95 Å². The van der Waals surface area contributed by atoms with E-state index < -0.39 is 0 Å². The van der Waals surface area contributed by atoms with Gasteiger partial charge in [0.25, 0.3) is 0 Å². The lowest BCUT2D eigenvalue weighted by Crippen LogP contribution is -2.29. The molecule has 0 unspecified atom stereocenters. The van der Waals surface area contributed by atoms with E-state index in [2.05, 4.69) is 20.2 Å². The van der Waals surface area contributed by atoms with Crippen molar-refractivity contribution >= 4 is 17.6 Å². The predicted molar refractivity (Wildman–Crippen MR) is 69.1 cm³/mol. The van der Waals surface area contributed by atoms with Gasteiger partial charge in [0, 0.05) is 25.7 Å². The smallest absolute Gasteiger partial charge is 0.223 e. The number of nitrogens with zero attached hydrogens (tertiary/aromatic N) is 3. The summed E-state index contributed by atoms with van der Waals surface area (Å²) < 4.78 is 0. The molecule has 2 aliphatic carbocycles. The fourth-order valence-corrected chi connectivity index (χ4v) is 2.12. The van der Waals surface area contributed by atoms with Crippen molar-refractivity contribution in [3.63, 3.8) is 0 Å². The molecule has 3 rings (SSSR count). The zero-order chi connectivity index (χ0) is 11.8. The van der Waals surface area contributed by atoms with Crippen LogP contribution in [-0.2, 0) is 0 Å². The van der Waals surface area contributed by atoms with Gasteiger partial charge in [-0.1, -0.05) is 0 Å². The number of aromatic nitrogens is 2. The highest BCUT2D eigenvalue weighted by atomic mass is 15.3. The number of nitrogen functional groups attached to an aromatic ring is 1. The van der Waals surface area contributed by atoms with Crippen molar-refractivity contribution in [3.05, 3.63) is 6.07 Å². The highest BCUT2D eigenvalue weighted by molar-refractivity contribution is 5.53. The fraction of sp³-hybridized carbons (Fsp3) is 0.667. The van der Waals surface area contributed by atoms with Gasteiger partial charge in [0.15, 0.2) is 0 Å². The van der Waals surface area contributed by atoms with Crippen LogP contribution in [0.25, 0.3) is 0 Å². The standard InChI is InChI=1S/C12H19N5/c1-14-10-6-11(16-12(13)15-10)17(9-4-5-9)7-8-2-3-8/h6,8-9H,2-5,7H2,1H3,(H3,13,14,15,16). The van der Waals surface area contributed by atoms with Crippen molar-refractivity contribution < 1.29 is 0 Å². The van der Waals surface area contributed by atoms with Gasteiger partial charge in [0.1, 0.15) is 11.6 Å². The molecule has 2 fully saturated rings. The quantitative estimate of drug-likeness (QED) is 0.806. The second-order valence-electron chi connectivity index (χ2n) is 5.05. The van der Waals surface area contributed by atoms with Crippen molar-refractivity contribution in [2.45, 2.75) is 31.7 Å². The Hall–Kier alpha value is -1.52. The van der Waals surface area contributed by atoms with E-state index in [-0.39, 0.29) is 0 Å². The van der Waals surface area contributed by atoms with Gasteiger partial charge in [-0.25, -0.2) is 0 Å². The fourth-order valence-electron chi connectivity index (χ4n) is 2.12. The minimum absolute atomic E-state index is 0.355. The maximum Gasteiger partial charge on any atom is 0.223 e. The third-order valence-corrected chi connectivity index (χ3v) is 3.42. The van der Waals surface area contributed by atoms with Crippen molar-refractivity contribution in [2.24, 2.45) is 5.92 Å². The SMILES string of the molecule is CNc1cc(N(CC2CC2)C2CC2)nc(N)n1. The lowest BCUT2D eigenvalue weighted by Gasteiger charge is -2.23. The summed E-state index contributed by atoms with van der Waals surface area (Å²) in [4.78, 5) is 10.9. The van der Waals surface area contributed by atoms with Crippen LogP contribution in [0.2, 0.25) is 0 Å². The predicted octanol–water partition coefficient (Wildman–Crippen LogP) is 1.48. The zero-order valence-corrected chi connectivity index (χ0v) is 10.2.